The Kier molecular flexibility index (Phi) is 35.2. The van der Waals surface area contributed by atoms with Gasteiger partial charge < -0.3 is 80.3 Å². The third-order valence-corrected chi connectivity index (χ3v) is 24.6. The number of allylic oxidation sites excluding steroid dienone is 4. The van der Waals surface area contributed by atoms with Crippen molar-refractivity contribution in [3.05, 3.63) is 111 Å². The van der Waals surface area contributed by atoms with Crippen LogP contribution >= 0.6 is 45.1 Å². The number of aromatic nitrogens is 3. The number of amides is 4. The summed E-state index contributed by atoms with van der Waals surface area (Å²) >= 11 is 0. The van der Waals surface area contributed by atoms with Crippen molar-refractivity contribution in [2.24, 2.45) is 16.8 Å². The van der Waals surface area contributed by atoms with Gasteiger partial charge in [0.2, 0.25) is 17.7 Å². The zero-order valence-electron chi connectivity index (χ0n) is 62.1. The summed E-state index contributed by atoms with van der Waals surface area (Å²) in [7, 11) is -12.4. The summed E-state index contributed by atoms with van der Waals surface area (Å²) in [5.41, 5.74) is 16.8. The number of ether oxygens (including phenoxy) is 3. The standard InChI is InChI=1S/C72H98N9O24P3S2/c1-7-16-47-35-49-36-50-37-57(74-9-3)45(5)34-55(50)67(54(49)33-44(47)4)52-19-12-13-20-53(52)71(90)80(6)26-14-22-62(85)75-25-28-101-30-29-100-27-23-63(86)78-56(70(89)79-58(39-65(87)88)59(83)38-46(8-2)72(91)92)21-15-31-109-110-32-24-51(82)18-11-10-17-48-41-81(69-66(48)68(73)76-43-77-69)64-40-60(84)61(103-64)42-102-107(96,97)105-108(98,99)104-106(93,94)95/h12-13,19-20,33-35,37,41,43,46,55-56,58,60-61,64,67,84H,7-9,11,14-16,18,21-32,36,38-40,42H2,1-6H3,(H,75,85)(H,78,86)(H,79,89)(H,87,88)(H,91,92)(H,96,97)(H,98,99)(H2,73,76,77)(H2,93,94,95)/t46?,55?,56?,58?,60?,61-,64-,67?/m1/s1. The number of rotatable bonds is 46. The highest BCUT2D eigenvalue weighted by atomic mass is 33.1. The first-order valence-electron chi connectivity index (χ1n) is 36.1. The van der Waals surface area contributed by atoms with E-state index in [2.05, 4.69) is 102 Å². The van der Waals surface area contributed by atoms with E-state index in [1.165, 1.54) is 66.5 Å². The predicted molar refractivity (Wildman–Crippen MR) is 409 cm³/mol. The number of aliphatic carboxylic acids is 2. The third kappa shape index (κ3) is 27.5. The van der Waals surface area contributed by atoms with Gasteiger partial charge in [0.25, 0.3) is 5.91 Å². The number of ketones is 2. The minimum atomic E-state index is -5.80. The Morgan fingerprint density at radius 1 is 0.855 bits per heavy atom. The Bertz CT molecular complexity index is 4270. The van der Waals surface area contributed by atoms with E-state index in [1.54, 1.807) is 18.9 Å². The Hall–Kier alpha value is -7.32. The number of anilines is 1. The number of phosphoric ester groups is 1. The summed E-state index contributed by atoms with van der Waals surface area (Å²) in [6, 6.07) is 9.70. The van der Waals surface area contributed by atoms with E-state index in [1.807, 2.05) is 25.1 Å². The summed E-state index contributed by atoms with van der Waals surface area (Å²) < 4.78 is 65.6. The number of nitrogens with zero attached hydrogens (tertiary/aromatic N) is 5. The molecule has 10 atom stereocenters. The van der Waals surface area contributed by atoms with E-state index in [9.17, 15) is 77.2 Å². The zero-order chi connectivity index (χ0) is 80.5. The second kappa shape index (κ2) is 43.1. The highest BCUT2D eigenvalue weighted by Gasteiger charge is 2.44. The number of carbonyl (C=O) groups excluding carboxylic acids is 6. The van der Waals surface area contributed by atoms with Crippen molar-refractivity contribution in [2.75, 3.05) is 77.0 Å². The lowest BCUT2D eigenvalue weighted by Crippen LogP contribution is -2.52. The molecule has 2 aromatic carbocycles. The number of fused-ring (bicyclic) bond motifs is 3. The number of aliphatic hydroxyl groups excluding tert-OH is 1. The van der Waals surface area contributed by atoms with Crippen LogP contribution in [-0.2, 0) is 87.5 Å². The van der Waals surface area contributed by atoms with Gasteiger partial charge in [-0.3, -0.25) is 47.9 Å². The molecule has 2 aliphatic carbocycles. The van der Waals surface area contributed by atoms with Crippen LogP contribution in [-0.4, -0.2) is 203 Å². The van der Waals surface area contributed by atoms with Gasteiger partial charge in [0.1, 0.15) is 41.9 Å². The molecule has 0 bridgehead atoms. The molecule has 3 aliphatic rings. The number of nitrogens with one attached hydrogen (secondary N) is 3. The Balaban J connectivity index is 0.817. The highest BCUT2D eigenvalue weighted by molar-refractivity contribution is 8.76. The molecule has 1 fully saturated rings. The average molecular weight is 1630 g/mol. The zero-order valence-corrected chi connectivity index (χ0v) is 66.4. The first-order valence-corrected chi connectivity index (χ1v) is 43.1. The molecule has 3 heterocycles. The number of carboxylic acids is 2. The number of nitrogens with two attached hydrogens (primary N) is 1. The number of phosphoric acid groups is 3. The molecule has 38 heteroatoms. The van der Waals surface area contributed by atoms with Crippen LogP contribution in [0.2, 0.25) is 0 Å². The molecule has 4 aromatic rings. The summed E-state index contributed by atoms with van der Waals surface area (Å²) in [6.07, 6.45) is 6.08. The summed E-state index contributed by atoms with van der Waals surface area (Å²) in [5, 5.41) is 38.2. The van der Waals surface area contributed by atoms with Gasteiger partial charge in [-0.25, -0.2) is 23.7 Å². The number of hydrogen-bond acceptors (Lipinski definition) is 24. The van der Waals surface area contributed by atoms with Crippen molar-refractivity contribution in [3.8, 4) is 11.8 Å². The smallest absolute Gasteiger partial charge is 0.481 e. The average Bonchev–Trinajstić information content (AvgIpc) is 0.907. The molecule has 2 aromatic heterocycles. The molecule has 0 radical (unpaired) electrons. The van der Waals surface area contributed by atoms with Crippen molar-refractivity contribution < 1.29 is 114 Å². The lowest BCUT2D eigenvalue weighted by Gasteiger charge is -2.38. The molecule has 110 heavy (non-hydrogen) atoms. The van der Waals surface area contributed by atoms with Gasteiger partial charge in [0.05, 0.1) is 74.2 Å². The van der Waals surface area contributed by atoms with E-state index in [4.69, 9.17) is 34.7 Å². The third-order valence-electron chi connectivity index (χ3n) is 18.3. The van der Waals surface area contributed by atoms with Crippen molar-refractivity contribution in [1.82, 2.24) is 35.4 Å². The fraction of sp³-hybridized carbons (Fsp3) is 0.542. The molecular weight excluding hydrogens is 1530 g/mol. The lowest BCUT2D eigenvalue weighted by atomic mass is 9.65. The maximum Gasteiger partial charge on any atom is 0.490 e. The first kappa shape index (κ1) is 89.9. The maximum absolute atomic E-state index is 14.4. The maximum atomic E-state index is 14.4. The monoisotopic (exact) mass is 1630 g/mol. The molecule has 4 amide bonds. The van der Waals surface area contributed by atoms with Crippen molar-refractivity contribution in [3.63, 3.8) is 0 Å². The fourth-order valence-electron chi connectivity index (χ4n) is 12.9. The van der Waals surface area contributed by atoms with Crippen LogP contribution in [0.15, 0.2) is 77.2 Å². The molecule has 1 aliphatic heterocycles. The molecular formula is C72H98N9O24P3S2. The lowest BCUT2D eigenvalue weighted by molar-refractivity contribution is -0.144. The quantitative estimate of drug-likeness (QED) is 0.00870. The molecule has 0 spiro atoms. The van der Waals surface area contributed by atoms with E-state index in [0.717, 1.165) is 36.1 Å². The van der Waals surface area contributed by atoms with E-state index < -0.39 is 109 Å². The summed E-state index contributed by atoms with van der Waals surface area (Å²) in [4.78, 5) is 156. The van der Waals surface area contributed by atoms with Gasteiger partial charge >= 0.3 is 35.4 Å². The van der Waals surface area contributed by atoms with Gasteiger partial charge in [0, 0.05) is 107 Å². The topological polar surface area (TPSA) is 493 Å². The van der Waals surface area contributed by atoms with Crippen LogP contribution in [0.25, 0.3) is 11.0 Å². The molecule has 33 nitrogen and oxygen atoms in total. The van der Waals surface area contributed by atoms with Crippen LogP contribution in [0.4, 0.5) is 5.82 Å². The summed E-state index contributed by atoms with van der Waals surface area (Å²) in [5.74, 6) is 0.209. The number of Topliss-reactive ketones (excluding diaryl/α,β-unsaturated/α-hetero) is 2. The number of hydrogen-bond donors (Lipinski definition) is 11. The normalized spacial score (nSPS) is 19.1. The number of carboxylic acid groups (broad SMARTS) is 2. The van der Waals surface area contributed by atoms with Crippen LogP contribution in [0.3, 0.4) is 0 Å². The van der Waals surface area contributed by atoms with Gasteiger partial charge in [0.15, 0.2) is 5.78 Å². The van der Waals surface area contributed by atoms with Gasteiger partial charge in [-0.15, -0.1) is 0 Å². The number of aryl methyl sites for hydroxylation is 2. The fourth-order valence-corrected chi connectivity index (χ4v) is 18.1. The van der Waals surface area contributed by atoms with Crippen molar-refractivity contribution in [2.45, 2.75) is 167 Å². The minimum absolute atomic E-state index is 0.0329. The van der Waals surface area contributed by atoms with Crippen LogP contribution in [0, 0.1) is 30.6 Å². The first-order chi connectivity index (χ1) is 52.2. The Labute approximate surface area is 645 Å². The van der Waals surface area contributed by atoms with Gasteiger partial charge in [-0.2, -0.15) is 8.62 Å². The number of aliphatic hydroxyl groups is 1. The molecule has 12 N–H and O–H groups in total. The molecule has 1 saturated heterocycles. The molecule has 8 unspecified atom stereocenters. The van der Waals surface area contributed by atoms with Crippen LogP contribution in [0.1, 0.15) is 167 Å². The molecule has 7 rings (SSSR count). The second-order valence-corrected chi connectivity index (χ2v) is 33.7. The number of nitrogen functional groups attached to an aromatic ring is 1. The molecule has 602 valence electrons. The Morgan fingerprint density at radius 3 is 2.30 bits per heavy atom. The minimum Gasteiger partial charge on any atom is -0.481 e. The number of benzene rings is 2. The van der Waals surface area contributed by atoms with Gasteiger partial charge in [-0.05, 0) is 105 Å². The summed E-state index contributed by atoms with van der Waals surface area (Å²) in [6.45, 7) is 10.7. The van der Waals surface area contributed by atoms with Gasteiger partial charge in [-0.1, -0.05) is 95.7 Å². The Morgan fingerprint density at radius 2 is 1.59 bits per heavy atom. The van der Waals surface area contributed by atoms with Crippen LogP contribution in [0.5, 0.6) is 0 Å². The largest absolute Gasteiger partial charge is 0.490 e. The van der Waals surface area contributed by atoms with E-state index in [-0.39, 0.29) is 125 Å². The van der Waals surface area contributed by atoms with Crippen LogP contribution < -0.4 is 21.7 Å². The number of aliphatic imine (C=N–C) groups is 1. The van der Waals surface area contributed by atoms with Crippen molar-refractivity contribution >= 4 is 115 Å². The number of carbonyl (C=O) groups is 8. The van der Waals surface area contributed by atoms with Crippen molar-refractivity contribution in [1.29, 1.82) is 0 Å². The highest BCUT2D eigenvalue weighted by Crippen LogP contribution is 2.66. The van der Waals surface area contributed by atoms with E-state index >= 15 is 0 Å². The predicted octanol–water partition coefficient (Wildman–Crippen LogP) is 7.78. The second-order valence-electron chi connectivity index (χ2n) is 26.6. The SMILES string of the molecule is CCCc1cc2c(cc1C)C(c1ccccc1C(=O)N(C)CCCC(=O)NCCOCCOCCC(=O)NC(CCCSSCCC(=O)CCC#Cc1cn([C@H]3CC(O)[C@@H](COP(=O)(O)OP(=O)(O)OP(=O)(O)O)O3)c3ncnc(N)c13)C(=O)NC(CC(=O)O)C(=O)CC(CC)C(=O)O)C1C=C(C)C(=NCC)C=C1C2. The molecule has 0 saturated carbocycles. The van der Waals surface area contributed by atoms with E-state index in [0.29, 0.717) is 53.9 Å².